The fraction of sp³-hybridized carbons (Fsp3) is 0.200. The minimum Gasteiger partial charge on any atom is -0.381 e. The van der Waals surface area contributed by atoms with E-state index in [1.54, 1.807) is 6.20 Å². The molecule has 0 atom stereocenters. The van der Waals surface area contributed by atoms with Crippen molar-refractivity contribution in [2.24, 2.45) is 0 Å². The molecule has 4 rings (SSSR count). The first-order valence-corrected chi connectivity index (χ1v) is 8.43. The van der Waals surface area contributed by atoms with Gasteiger partial charge in [-0.15, -0.1) is 0 Å². The molecule has 3 N–H and O–H groups in total. The van der Waals surface area contributed by atoms with Gasteiger partial charge in [-0.1, -0.05) is 19.9 Å². The summed E-state index contributed by atoms with van der Waals surface area (Å²) in [5, 5.41) is 12.4. The zero-order valence-corrected chi connectivity index (χ0v) is 14.3. The molecule has 0 aliphatic carbocycles. The van der Waals surface area contributed by atoms with Crippen molar-refractivity contribution >= 4 is 27.5 Å². The summed E-state index contributed by atoms with van der Waals surface area (Å²) in [7, 11) is 0. The lowest BCUT2D eigenvalue weighted by Crippen LogP contribution is -2.15. The highest BCUT2D eigenvalue weighted by Crippen LogP contribution is 2.21. The predicted molar refractivity (Wildman–Crippen MR) is 102 cm³/mol. The molecule has 2 heterocycles. The predicted octanol–water partition coefficient (Wildman–Crippen LogP) is 4.14. The minimum absolute atomic E-state index is 0.0540. The Morgan fingerprint density at radius 2 is 1.88 bits per heavy atom. The van der Waals surface area contributed by atoms with Gasteiger partial charge in [0.15, 0.2) is 0 Å². The van der Waals surface area contributed by atoms with Crippen LogP contribution in [0.15, 0.2) is 53.5 Å². The van der Waals surface area contributed by atoms with Gasteiger partial charge >= 0.3 is 0 Å². The van der Waals surface area contributed by atoms with Crippen LogP contribution >= 0.6 is 0 Å². The molecule has 5 nitrogen and oxygen atoms in total. The number of anilines is 1. The van der Waals surface area contributed by atoms with Crippen molar-refractivity contribution in [3.05, 3.63) is 70.1 Å². The zero-order valence-electron chi connectivity index (χ0n) is 14.3. The third kappa shape index (κ3) is 3.01. The maximum absolute atomic E-state index is 12.3. The van der Waals surface area contributed by atoms with Crippen molar-refractivity contribution in [3.63, 3.8) is 0 Å². The van der Waals surface area contributed by atoms with E-state index < -0.39 is 0 Å². The lowest BCUT2D eigenvalue weighted by molar-refractivity contribution is 0.868. The van der Waals surface area contributed by atoms with E-state index in [0.717, 1.165) is 33.1 Å². The molecule has 0 fully saturated rings. The molecule has 2 aromatic heterocycles. The number of pyridine rings is 1. The molecule has 0 saturated heterocycles. The van der Waals surface area contributed by atoms with Crippen molar-refractivity contribution in [1.29, 1.82) is 0 Å². The number of hydrogen-bond acceptors (Lipinski definition) is 3. The van der Waals surface area contributed by atoms with Crippen LogP contribution in [0.3, 0.4) is 0 Å². The van der Waals surface area contributed by atoms with Gasteiger partial charge in [-0.3, -0.25) is 9.89 Å². The molecule has 0 unspecified atom stereocenters. The Morgan fingerprint density at radius 1 is 1.04 bits per heavy atom. The molecule has 5 heteroatoms. The quantitative estimate of drug-likeness (QED) is 0.526. The van der Waals surface area contributed by atoms with E-state index in [2.05, 4.69) is 46.5 Å². The molecule has 0 amide bonds. The maximum Gasteiger partial charge on any atom is 0.253 e. The van der Waals surface area contributed by atoms with E-state index in [4.69, 9.17) is 0 Å². The molecule has 0 bridgehead atoms. The Morgan fingerprint density at radius 3 is 2.72 bits per heavy atom. The Hall–Kier alpha value is -3.08. The summed E-state index contributed by atoms with van der Waals surface area (Å²) >= 11 is 0. The summed E-state index contributed by atoms with van der Waals surface area (Å²) in [6, 6.07) is 14.2. The Kier molecular flexibility index (Phi) is 3.76. The van der Waals surface area contributed by atoms with E-state index in [9.17, 15) is 4.79 Å². The van der Waals surface area contributed by atoms with Crippen LogP contribution in [-0.2, 0) is 6.54 Å². The first-order valence-electron chi connectivity index (χ1n) is 8.43. The highest BCUT2D eigenvalue weighted by atomic mass is 16.1. The monoisotopic (exact) mass is 332 g/mol. The van der Waals surface area contributed by atoms with Gasteiger partial charge in [-0.25, -0.2) is 0 Å². The fourth-order valence-electron chi connectivity index (χ4n) is 3.01. The number of benzene rings is 2. The largest absolute Gasteiger partial charge is 0.381 e. The highest BCUT2D eigenvalue weighted by molar-refractivity contribution is 5.82. The van der Waals surface area contributed by atoms with E-state index in [1.165, 1.54) is 5.56 Å². The molecule has 0 aliphatic rings. The maximum atomic E-state index is 12.3. The molecule has 0 aliphatic heterocycles. The second kappa shape index (κ2) is 6.09. The topological polar surface area (TPSA) is 73.6 Å². The Balaban J connectivity index is 1.63. The van der Waals surface area contributed by atoms with Crippen LogP contribution in [0.4, 0.5) is 5.69 Å². The van der Waals surface area contributed by atoms with Gasteiger partial charge in [0.05, 0.1) is 11.7 Å². The average molecular weight is 332 g/mol. The van der Waals surface area contributed by atoms with Crippen molar-refractivity contribution in [3.8, 4) is 0 Å². The van der Waals surface area contributed by atoms with E-state index in [-0.39, 0.29) is 5.56 Å². The molecule has 2 aromatic carbocycles. The molecule has 0 radical (unpaired) electrons. The molecule has 0 spiro atoms. The van der Waals surface area contributed by atoms with Gasteiger partial charge < -0.3 is 10.3 Å². The van der Waals surface area contributed by atoms with Crippen LogP contribution in [0.2, 0.25) is 0 Å². The summed E-state index contributed by atoms with van der Waals surface area (Å²) in [4.78, 5) is 15.3. The third-order valence-corrected chi connectivity index (χ3v) is 4.54. The summed E-state index contributed by atoms with van der Waals surface area (Å²) in [6.07, 6.45) is 1.79. The average Bonchev–Trinajstić information content (AvgIpc) is 3.07. The number of rotatable bonds is 4. The second-order valence-corrected chi connectivity index (χ2v) is 6.65. The van der Waals surface area contributed by atoms with Gasteiger partial charge in [-0.2, -0.15) is 5.10 Å². The SMILES string of the molecule is CC(C)c1ccc2[nH]c(=O)c(CNc3ccc4[nH]ncc4c3)cc2c1. The standard InChI is InChI=1S/C20H20N4O/c1-12(2)13-3-5-18-14(7-13)8-16(20(25)23-18)10-21-17-4-6-19-15(9-17)11-22-24-19/h3-9,11-12,21H,10H2,1-2H3,(H,22,24)(H,23,25). The first kappa shape index (κ1) is 15.4. The number of H-pyrrole nitrogens is 2. The normalized spacial score (nSPS) is 11.5. The van der Waals surface area contributed by atoms with Crippen LogP contribution in [0.25, 0.3) is 21.8 Å². The molecular weight excluding hydrogens is 312 g/mol. The van der Waals surface area contributed by atoms with Gasteiger partial charge in [0.1, 0.15) is 0 Å². The lowest BCUT2D eigenvalue weighted by Gasteiger charge is -2.09. The van der Waals surface area contributed by atoms with Crippen molar-refractivity contribution in [2.75, 3.05) is 5.32 Å². The number of aromatic amines is 2. The van der Waals surface area contributed by atoms with Crippen LogP contribution in [-0.4, -0.2) is 15.2 Å². The smallest absolute Gasteiger partial charge is 0.253 e. The third-order valence-electron chi connectivity index (χ3n) is 4.54. The Bertz CT molecular complexity index is 1110. The van der Waals surface area contributed by atoms with Crippen molar-refractivity contribution < 1.29 is 0 Å². The molecule has 25 heavy (non-hydrogen) atoms. The van der Waals surface area contributed by atoms with E-state index >= 15 is 0 Å². The number of aromatic nitrogens is 3. The minimum atomic E-state index is -0.0540. The number of nitrogens with zero attached hydrogens (tertiary/aromatic N) is 1. The summed E-state index contributed by atoms with van der Waals surface area (Å²) in [6.45, 7) is 4.81. The number of hydrogen-bond donors (Lipinski definition) is 3. The van der Waals surface area contributed by atoms with E-state index in [1.807, 2.05) is 30.3 Å². The van der Waals surface area contributed by atoms with Crippen molar-refractivity contribution in [2.45, 2.75) is 26.3 Å². The fourth-order valence-corrected chi connectivity index (χ4v) is 3.01. The summed E-state index contributed by atoms with van der Waals surface area (Å²) < 4.78 is 0. The molecule has 126 valence electrons. The molecule has 4 aromatic rings. The summed E-state index contributed by atoms with van der Waals surface area (Å²) in [5.41, 5.74) is 4.77. The van der Waals surface area contributed by atoms with Gasteiger partial charge in [0, 0.05) is 28.7 Å². The van der Waals surface area contributed by atoms with Crippen LogP contribution in [0.5, 0.6) is 0 Å². The molecular formula is C20H20N4O. The second-order valence-electron chi connectivity index (χ2n) is 6.65. The number of nitrogens with one attached hydrogen (secondary N) is 3. The highest BCUT2D eigenvalue weighted by Gasteiger charge is 2.06. The van der Waals surface area contributed by atoms with Crippen LogP contribution in [0, 0.1) is 0 Å². The van der Waals surface area contributed by atoms with Crippen molar-refractivity contribution in [1.82, 2.24) is 15.2 Å². The van der Waals surface area contributed by atoms with Crippen LogP contribution in [0.1, 0.15) is 30.9 Å². The van der Waals surface area contributed by atoms with Gasteiger partial charge in [0.25, 0.3) is 5.56 Å². The Labute approximate surface area is 145 Å². The number of fused-ring (bicyclic) bond motifs is 2. The summed E-state index contributed by atoms with van der Waals surface area (Å²) in [5.74, 6) is 0.458. The zero-order chi connectivity index (χ0) is 17.4. The molecule has 0 saturated carbocycles. The van der Waals surface area contributed by atoms with Gasteiger partial charge in [-0.05, 0) is 53.3 Å². The van der Waals surface area contributed by atoms with E-state index in [0.29, 0.717) is 12.5 Å². The lowest BCUT2D eigenvalue weighted by atomic mass is 10.0. The van der Waals surface area contributed by atoms with Crippen LogP contribution < -0.4 is 10.9 Å². The first-order chi connectivity index (χ1) is 12.1. The van der Waals surface area contributed by atoms with Gasteiger partial charge in [0.2, 0.25) is 0 Å².